The second-order valence-electron chi connectivity index (χ2n) is 6.39. The lowest BCUT2D eigenvalue weighted by atomic mass is 10.1. The number of hydrogen-bond acceptors (Lipinski definition) is 6. The molecule has 31 heavy (non-hydrogen) atoms. The number of aromatic nitrogens is 3. The fourth-order valence-corrected chi connectivity index (χ4v) is 3.82. The summed E-state index contributed by atoms with van der Waals surface area (Å²) in [7, 11) is -2.90. The van der Waals surface area contributed by atoms with E-state index in [-0.39, 0.29) is 13.1 Å². The highest BCUT2D eigenvalue weighted by atomic mass is 32.2. The maximum Gasteiger partial charge on any atom is 0.255 e. The summed E-state index contributed by atoms with van der Waals surface area (Å²) in [5, 5.41) is 5.68. The number of sulfonamides is 1. The third kappa shape index (κ3) is 4.03. The molecule has 0 spiro atoms. The zero-order valence-corrected chi connectivity index (χ0v) is 16.9. The predicted octanol–water partition coefficient (Wildman–Crippen LogP) is 1.61. The maximum absolute atomic E-state index is 14.3. The monoisotopic (exact) mass is 460 g/mol. The van der Waals surface area contributed by atoms with Crippen molar-refractivity contribution in [2.75, 3.05) is 32.5 Å². The summed E-state index contributed by atoms with van der Waals surface area (Å²) in [5.41, 5.74) is -0.903. The average molecular weight is 460 g/mol. The number of aromatic amines is 1. The summed E-state index contributed by atoms with van der Waals surface area (Å²) in [5.74, 6) is -9.96. The summed E-state index contributed by atoms with van der Waals surface area (Å²) in [6.45, 7) is -0.178. The number of H-pyrrole nitrogens is 1. The molecule has 14 heteroatoms. The van der Waals surface area contributed by atoms with Crippen molar-refractivity contribution in [3.63, 3.8) is 0 Å². The highest BCUT2D eigenvalue weighted by molar-refractivity contribution is 7.89. The molecule has 2 heterocycles. The smallest absolute Gasteiger partial charge is 0.255 e. The highest BCUT2D eigenvalue weighted by Crippen LogP contribution is 2.29. The first-order valence-corrected chi connectivity index (χ1v) is 10.1. The van der Waals surface area contributed by atoms with Crippen LogP contribution in [-0.2, 0) is 10.0 Å². The van der Waals surface area contributed by atoms with E-state index in [9.17, 15) is 30.8 Å². The van der Waals surface area contributed by atoms with Crippen LogP contribution in [0.15, 0.2) is 23.5 Å². The van der Waals surface area contributed by atoms with Gasteiger partial charge in [-0.05, 0) is 6.07 Å². The fourth-order valence-electron chi connectivity index (χ4n) is 2.70. The Labute approximate surface area is 173 Å². The molecule has 0 fully saturated rings. The minimum atomic E-state index is -4.82. The Morgan fingerprint density at radius 1 is 1.06 bits per heavy atom. The van der Waals surface area contributed by atoms with Crippen LogP contribution >= 0.6 is 0 Å². The van der Waals surface area contributed by atoms with Crippen molar-refractivity contribution in [2.45, 2.75) is 4.90 Å². The lowest BCUT2D eigenvalue weighted by molar-refractivity contribution is 0.0944. The van der Waals surface area contributed by atoms with Crippen LogP contribution in [0.4, 0.5) is 23.4 Å². The molecule has 1 amide bonds. The van der Waals surface area contributed by atoms with Gasteiger partial charge in [0.1, 0.15) is 28.3 Å². The van der Waals surface area contributed by atoms with Gasteiger partial charge >= 0.3 is 0 Å². The molecule has 0 aliphatic rings. The minimum absolute atomic E-state index is 0.0343. The third-order valence-corrected chi connectivity index (χ3v) is 6.11. The van der Waals surface area contributed by atoms with Crippen LogP contribution in [0.5, 0.6) is 0 Å². The molecule has 0 saturated carbocycles. The number of benzene rings is 1. The zero-order valence-electron chi connectivity index (χ0n) is 16.1. The van der Waals surface area contributed by atoms with E-state index in [4.69, 9.17) is 0 Å². The zero-order chi connectivity index (χ0) is 22.9. The fraction of sp³-hybridized carbons (Fsp3) is 0.235. The van der Waals surface area contributed by atoms with E-state index in [1.54, 1.807) is 12.3 Å². The van der Waals surface area contributed by atoms with Gasteiger partial charge in [0.2, 0.25) is 10.0 Å². The normalized spacial score (nSPS) is 11.8. The lowest BCUT2D eigenvalue weighted by Gasteiger charge is -2.17. The van der Waals surface area contributed by atoms with Crippen molar-refractivity contribution in [3.8, 4) is 0 Å². The second-order valence-corrected chi connectivity index (χ2v) is 8.48. The topological polar surface area (TPSA) is 120 Å². The van der Waals surface area contributed by atoms with Gasteiger partial charge in [-0.2, -0.15) is 0 Å². The van der Waals surface area contributed by atoms with Crippen LogP contribution in [0.1, 0.15) is 10.4 Å². The van der Waals surface area contributed by atoms with E-state index in [2.05, 4.69) is 25.6 Å². The number of anilines is 1. The SMILES string of the molecule is CN(C)S(=O)(=O)c1c(F)c(F)c(F)c(F)c1C(=O)NCCNc1ncnc2[nH]ccc12. The summed E-state index contributed by atoms with van der Waals surface area (Å²) in [4.78, 5) is 21.7. The van der Waals surface area contributed by atoms with Gasteiger partial charge in [-0.1, -0.05) is 0 Å². The standard InChI is InChI=1S/C17H16F4N6O3S/c1-27(2)31(29,30)14-9(10(18)11(19)12(20)13(14)21)17(28)24-6-5-23-16-8-3-4-22-15(8)25-7-26-16/h3-4,7H,5-6H2,1-2H3,(H,24,28)(H2,22,23,25,26). The van der Waals surface area contributed by atoms with E-state index >= 15 is 0 Å². The third-order valence-electron chi connectivity index (χ3n) is 4.25. The number of rotatable bonds is 7. The average Bonchev–Trinajstić information content (AvgIpc) is 3.21. The number of nitrogens with zero attached hydrogens (tertiary/aromatic N) is 3. The molecule has 0 radical (unpaired) electrons. The molecular formula is C17H16F4N6O3S. The Kier molecular flexibility index (Phi) is 6.13. The van der Waals surface area contributed by atoms with Gasteiger partial charge in [-0.25, -0.2) is 40.3 Å². The summed E-state index contributed by atoms with van der Waals surface area (Å²) < 4.78 is 81.0. The van der Waals surface area contributed by atoms with Crippen LogP contribution in [0.2, 0.25) is 0 Å². The molecule has 3 aromatic rings. The molecule has 3 N–H and O–H groups in total. The number of fused-ring (bicyclic) bond motifs is 1. The molecule has 3 rings (SSSR count). The molecule has 9 nitrogen and oxygen atoms in total. The molecule has 1 aromatic carbocycles. The largest absolute Gasteiger partial charge is 0.368 e. The van der Waals surface area contributed by atoms with Gasteiger partial charge in [0.15, 0.2) is 23.3 Å². The first-order chi connectivity index (χ1) is 14.6. The Bertz CT molecular complexity index is 1260. The van der Waals surface area contributed by atoms with Crippen LogP contribution in [0.25, 0.3) is 11.0 Å². The second kappa shape index (κ2) is 8.47. The molecule has 0 atom stereocenters. The van der Waals surface area contributed by atoms with Crippen molar-refractivity contribution in [3.05, 3.63) is 47.4 Å². The van der Waals surface area contributed by atoms with E-state index < -0.39 is 49.7 Å². The molecule has 2 aromatic heterocycles. The number of carbonyl (C=O) groups excluding carboxylic acids is 1. The van der Waals surface area contributed by atoms with E-state index in [0.29, 0.717) is 21.2 Å². The quantitative estimate of drug-likeness (QED) is 0.213. The number of nitrogens with one attached hydrogen (secondary N) is 3. The van der Waals surface area contributed by atoms with Crippen LogP contribution in [-0.4, -0.2) is 60.8 Å². The summed E-state index contributed by atoms with van der Waals surface area (Å²) in [6, 6.07) is 1.70. The Morgan fingerprint density at radius 2 is 1.74 bits per heavy atom. The molecule has 0 saturated heterocycles. The van der Waals surface area contributed by atoms with Gasteiger partial charge in [0.25, 0.3) is 5.91 Å². The van der Waals surface area contributed by atoms with Gasteiger partial charge < -0.3 is 15.6 Å². The van der Waals surface area contributed by atoms with Gasteiger partial charge in [-0.3, -0.25) is 4.79 Å². The van der Waals surface area contributed by atoms with E-state index in [1.807, 2.05) is 0 Å². The van der Waals surface area contributed by atoms with Crippen LogP contribution < -0.4 is 10.6 Å². The number of hydrogen-bond donors (Lipinski definition) is 3. The van der Waals surface area contributed by atoms with Crippen LogP contribution in [0, 0.1) is 23.3 Å². The maximum atomic E-state index is 14.3. The Hall–Kier alpha value is -3.26. The molecule has 0 bridgehead atoms. The van der Waals surface area contributed by atoms with Crippen molar-refractivity contribution in [2.24, 2.45) is 0 Å². The number of halogens is 4. The van der Waals surface area contributed by atoms with Gasteiger partial charge in [-0.15, -0.1) is 0 Å². The molecule has 166 valence electrons. The number of amides is 1. The highest BCUT2D eigenvalue weighted by Gasteiger charge is 2.36. The van der Waals surface area contributed by atoms with Crippen molar-refractivity contribution >= 4 is 32.8 Å². The first-order valence-electron chi connectivity index (χ1n) is 8.66. The van der Waals surface area contributed by atoms with Gasteiger partial charge in [0, 0.05) is 33.4 Å². The van der Waals surface area contributed by atoms with E-state index in [1.165, 1.54) is 6.33 Å². The lowest BCUT2D eigenvalue weighted by Crippen LogP contribution is -2.34. The van der Waals surface area contributed by atoms with E-state index in [0.717, 1.165) is 14.1 Å². The van der Waals surface area contributed by atoms with Gasteiger partial charge in [0.05, 0.1) is 5.39 Å². The van der Waals surface area contributed by atoms with Crippen molar-refractivity contribution in [1.82, 2.24) is 24.6 Å². The summed E-state index contributed by atoms with van der Waals surface area (Å²) >= 11 is 0. The Balaban J connectivity index is 1.83. The minimum Gasteiger partial charge on any atom is -0.368 e. The number of carbonyl (C=O) groups is 1. The molecule has 0 unspecified atom stereocenters. The first kappa shape index (κ1) is 22.4. The predicted molar refractivity (Wildman–Crippen MR) is 102 cm³/mol. The van der Waals surface area contributed by atoms with Crippen molar-refractivity contribution in [1.29, 1.82) is 0 Å². The Morgan fingerprint density at radius 3 is 2.42 bits per heavy atom. The molecule has 0 aliphatic carbocycles. The van der Waals surface area contributed by atoms with Crippen molar-refractivity contribution < 1.29 is 30.8 Å². The molecule has 0 aliphatic heterocycles. The van der Waals surface area contributed by atoms with Crippen LogP contribution in [0.3, 0.4) is 0 Å². The molecular weight excluding hydrogens is 444 g/mol. The summed E-state index contributed by atoms with van der Waals surface area (Å²) in [6.07, 6.45) is 2.93.